The van der Waals surface area contributed by atoms with Crippen LogP contribution in [0.15, 0.2) is 22.8 Å². The van der Waals surface area contributed by atoms with Gasteiger partial charge in [0, 0.05) is 37.4 Å². The van der Waals surface area contributed by atoms with Gasteiger partial charge in [-0.1, -0.05) is 0 Å². The average Bonchev–Trinajstić information content (AvgIpc) is 2.34. The van der Waals surface area contributed by atoms with E-state index in [4.69, 9.17) is 4.74 Å². The number of carbonyl (C=O) groups excluding carboxylic acids is 1. The first-order valence-electron chi connectivity index (χ1n) is 5.34. The van der Waals surface area contributed by atoms with E-state index in [0.717, 1.165) is 6.54 Å². The highest BCUT2D eigenvalue weighted by atomic mass is 79.9. The van der Waals surface area contributed by atoms with Crippen molar-refractivity contribution in [3.63, 3.8) is 0 Å². The zero-order valence-electron chi connectivity index (χ0n) is 9.70. The van der Waals surface area contributed by atoms with Crippen LogP contribution in [-0.4, -0.2) is 44.2 Å². The minimum Gasteiger partial charge on any atom is -0.383 e. The second kappa shape index (κ2) is 8.16. The van der Waals surface area contributed by atoms with Gasteiger partial charge in [-0.05, 0) is 28.1 Å². The number of halogens is 1. The Hall–Kier alpha value is -0.980. The lowest BCUT2D eigenvalue weighted by Crippen LogP contribution is -2.33. The van der Waals surface area contributed by atoms with E-state index in [2.05, 4.69) is 31.5 Å². The number of rotatable bonds is 7. The summed E-state index contributed by atoms with van der Waals surface area (Å²) in [6.45, 7) is 2.71. The largest absolute Gasteiger partial charge is 0.383 e. The van der Waals surface area contributed by atoms with Crippen LogP contribution in [0.3, 0.4) is 0 Å². The standard InChI is InChI=1S/C11H16BrN3O2/c1-17-8-7-13-5-6-15-11(16)10-9(12)3-2-4-14-10/h2-4,13H,5-8H2,1H3,(H,15,16). The van der Waals surface area contributed by atoms with Crippen molar-refractivity contribution in [3.8, 4) is 0 Å². The van der Waals surface area contributed by atoms with Gasteiger partial charge in [0.15, 0.2) is 0 Å². The first-order chi connectivity index (χ1) is 8.25. The molecule has 0 fully saturated rings. The Labute approximate surface area is 109 Å². The van der Waals surface area contributed by atoms with Crippen LogP contribution in [0.4, 0.5) is 0 Å². The molecular formula is C11H16BrN3O2. The van der Waals surface area contributed by atoms with Crippen molar-refractivity contribution < 1.29 is 9.53 Å². The third-order valence-electron chi connectivity index (χ3n) is 2.04. The molecule has 2 N–H and O–H groups in total. The van der Waals surface area contributed by atoms with E-state index in [1.54, 1.807) is 25.4 Å². The number of nitrogens with zero attached hydrogens (tertiary/aromatic N) is 1. The maximum Gasteiger partial charge on any atom is 0.271 e. The van der Waals surface area contributed by atoms with Gasteiger partial charge in [-0.15, -0.1) is 0 Å². The van der Waals surface area contributed by atoms with E-state index >= 15 is 0 Å². The van der Waals surface area contributed by atoms with Crippen LogP contribution >= 0.6 is 15.9 Å². The number of nitrogens with one attached hydrogen (secondary N) is 2. The van der Waals surface area contributed by atoms with Crippen LogP contribution in [0.5, 0.6) is 0 Å². The molecule has 17 heavy (non-hydrogen) atoms. The molecule has 1 amide bonds. The molecule has 0 unspecified atom stereocenters. The predicted molar refractivity (Wildman–Crippen MR) is 69.0 cm³/mol. The summed E-state index contributed by atoms with van der Waals surface area (Å²) in [6, 6.07) is 3.56. The summed E-state index contributed by atoms with van der Waals surface area (Å²) in [5.74, 6) is -0.175. The van der Waals surface area contributed by atoms with Crippen molar-refractivity contribution in [1.29, 1.82) is 0 Å². The summed E-state index contributed by atoms with van der Waals surface area (Å²) < 4.78 is 5.59. The van der Waals surface area contributed by atoms with E-state index in [1.807, 2.05) is 0 Å². The molecule has 6 heteroatoms. The summed E-state index contributed by atoms with van der Waals surface area (Å²) in [4.78, 5) is 15.7. The first-order valence-corrected chi connectivity index (χ1v) is 6.13. The Bertz CT molecular complexity index is 360. The molecule has 0 spiro atoms. The van der Waals surface area contributed by atoms with Crippen LogP contribution in [0.2, 0.25) is 0 Å². The van der Waals surface area contributed by atoms with Crippen LogP contribution in [0.1, 0.15) is 10.5 Å². The number of pyridine rings is 1. The monoisotopic (exact) mass is 301 g/mol. The summed E-state index contributed by atoms with van der Waals surface area (Å²) in [5, 5.41) is 5.92. The molecule has 0 bridgehead atoms. The van der Waals surface area contributed by atoms with Crippen molar-refractivity contribution in [2.75, 3.05) is 33.4 Å². The molecular weight excluding hydrogens is 286 g/mol. The highest BCUT2D eigenvalue weighted by molar-refractivity contribution is 9.10. The van der Waals surface area contributed by atoms with Gasteiger partial charge in [0.25, 0.3) is 5.91 Å². The molecule has 0 aliphatic rings. The van der Waals surface area contributed by atoms with Crippen LogP contribution in [0.25, 0.3) is 0 Å². The Morgan fingerprint density at radius 2 is 2.29 bits per heavy atom. The number of ether oxygens (including phenoxy) is 1. The summed E-state index contributed by atoms with van der Waals surface area (Å²) in [6.07, 6.45) is 1.59. The molecule has 1 rings (SSSR count). The quantitative estimate of drug-likeness (QED) is 0.732. The molecule has 1 aromatic rings. The van der Waals surface area contributed by atoms with Crippen molar-refractivity contribution >= 4 is 21.8 Å². The van der Waals surface area contributed by atoms with Gasteiger partial charge < -0.3 is 15.4 Å². The third kappa shape index (κ3) is 5.25. The number of methoxy groups -OCH3 is 1. The normalized spacial score (nSPS) is 10.2. The van der Waals surface area contributed by atoms with E-state index in [-0.39, 0.29) is 5.91 Å². The maximum atomic E-state index is 11.7. The van der Waals surface area contributed by atoms with Crippen molar-refractivity contribution in [2.45, 2.75) is 0 Å². The zero-order chi connectivity index (χ0) is 12.5. The van der Waals surface area contributed by atoms with Gasteiger partial charge in [-0.25, -0.2) is 4.98 Å². The molecule has 0 atom stereocenters. The number of hydrogen-bond donors (Lipinski definition) is 2. The number of carbonyl (C=O) groups is 1. The fraction of sp³-hybridized carbons (Fsp3) is 0.455. The smallest absolute Gasteiger partial charge is 0.271 e. The fourth-order valence-electron chi connectivity index (χ4n) is 1.20. The van der Waals surface area contributed by atoms with Gasteiger partial charge in [0.2, 0.25) is 0 Å². The first kappa shape index (κ1) is 14.1. The van der Waals surface area contributed by atoms with E-state index in [0.29, 0.717) is 29.9 Å². The maximum absolute atomic E-state index is 11.7. The summed E-state index contributed by atoms with van der Waals surface area (Å²) >= 11 is 3.28. The number of amides is 1. The van der Waals surface area contributed by atoms with Crippen LogP contribution in [-0.2, 0) is 4.74 Å². The minimum atomic E-state index is -0.175. The highest BCUT2D eigenvalue weighted by Crippen LogP contribution is 2.12. The van der Waals surface area contributed by atoms with Gasteiger partial charge in [-0.3, -0.25) is 4.79 Å². The highest BCUT2D eigenvalue weighted by Gasteiger charge is 2.09. The molecule has 1 aromatic heterocycles. The molecule has 1 heterocycles. The molecule has 0 saturated carbocycles. The lowest BCUT2D eigenvalue weighted by atomic mass is 10.3. The van der Waals surface area contributed by atoms with Gasteiger partial charge >= 0.3 is 0 Å². The summed E-state index contributed by atoms with van der Waals surface area (Å²) in [7, 11) is 1.65. The average molecular weight is 302 g/mol. The van der Waals surface area contributed by atoms with Crippen LogP contribution < -0.4 is 10.6 Å². The molecule has 0 saturated heterocycles. The topological polar surface area (TPSA) is 63.2 Å². The van der Waals surface area contributed by atoms with Crippen molar-refractivity contribution in [2.24, 2.45) is 0 Å². The van der Waals surface area contributed by atoms with Gasteiger partial charge in [0.05, 0.1) is 6.61 Å². The summed E-state index contributed by atoms with van der Waals surface area (Å²) in [5.41, 5.74) is 0.407. The zero-order valence-corrected chi connectivity index (χ0v) is 11.3. The predicted octanol–water partition coefficient (Wildman–Crippen LogP) is 0.810. The molecule has 0 aromatic carbocycles. The SMILES string of the molecule is COCCNCCNC(=O)c1ncccc1Br. The van der Waals surface area contributed by atoms with Gasteiger partial charge in [0.1, 0.15) is 5.69 Å². The second-order valence-electron chi connectivity index (χ2n) is 3.33. The molecule has 94 valence electrons. The van der Waals surface area contributed by atoms with Gasteiger partial charge in [-0.2, -0.15) is 0 Å². The molecule has 0 radical (unpaired) electrons. The second-order valence-corrected chi connectivity index (χ2v) is 4.19. The third-order valence-corrected chi connectivity index (χ3v) is 2.68. The number of hydrogen-bond acceptors (Lipinski definition) is 4. The Morgan fingerprint density at radius 1 is 1.47 bits per heavy atom. The number of aromatic nitrogens is 1. The molecule has 0 aliphatic carbocycles. The van der Waals surface area contributed by atoms with E-state index < -0.39 is 0 Å². The molecule has 0 aliphatic heterocycles. The van der Waals surface area contributed by atoms with Crippen molar-refractivity contribution in [3.05, 3.63) is 28.5 Å². The minimum absolute atomic E-state index is 0.175. The Kier molecular flexibility index (Phi) is 6.76. The Balaban J connectivity index is 2.24. The van der Waals surface area contributed by atoms with E-state index in [1.165, 1.54) is 0 Å². The van der Waals surface area contributed by atoms with Crippen molar-refractivity contribution in [1.82, 2.24) is 15.6 Å². The lowest BCUT2D eigenvalue weighted by molar-refractivity contribution is 0.0948. The van der Waals surface area contributed by atoms with Crippen LogP contribution in [0, 0.1) is 0 Å². The fourth-order valence-corrected chi connectivity index (χ4v) is 1.64. The van der Waals surface area contributed by atoms with E-state index in [9.17, 15) is 4.79 Å². The lowest BCUT2D eigenvalue weighted by Gasteiger charge is -2.06. The Morgan fingerprint density at radius 3 is 3.00 bits per heavy atom. The molecule has 5 nitrogen and oxygen atoms in total.